The highest BCUT2D eigenvalue weighted by atomic mass is 35.5. The van der Waals surface area contributed by atoms with Crippen LogP contribution in [0.25, 0.3) is 11.0 Å². The van der Waals surface area contributed by atoms with Crippen LogP contribution in [0.1, 0.15) is 54.8 Å². The maximum Gasteiger partial charge on any atom is 0.339 e. The fourth-order valence-electron chi connectivity index (χ4n) is 5.78. The first-order chi connectivity index (χ1) is 16.8. The lowest BCUT2D eigenvalue weighted by Gasteiger charge is -2.52. The summed E-state index contributed by atoms with van der Waals surface area (Å²) in [6, 6.07) is 12.6. The van der Waals surface area contributed by atoms with E-state index in [-0.39, 0.29) is 30.1 Å². The molecule has 184 valence electrons. The second-order valence-electron chi connectivity index (χ2n) is 9.88. The molecule has 5 rings (SSSR count). The Hall–Kier alpha value is -2.83. The van der Waals surface area contributed by atoms with Crippen LogP contribution in [-0.4, -0.2) is 34.7 Å². The van der Waals surface area contributed by atoms with Crippen molar-refractivity contribution in [2.75, 3.05) is 13.2 Å². The molecule has 1 aliphatic carbocycles. The summed E-state index contributed by atoms with van der Waals surface area (Å²) in [5.74, 6) is 0.293. The molecule has 1 saturated carbocycles. The van der Waals surface area contributed by atoms with Crippen molar-refractivity contribution in [3.8, 4) is 5.75 Å². The molecule has 35 heavy (non-hydrogen) atoms. The van der Waals surface area contributed by atoms with E-state index in [1.165, 1.54) is 0 Å². The van der Waals surface area contributed by atoms with Crippen LogP contribution in [-0.2, 0) is 4.79 Å². The summed E-state index contributed by atoms with van der Waals surface area (Å²) in [4.78, 5) is 27.4. The summed E-state index contributed by atoms with van der Waals surface area (Å²) in [5, 5.41) is 12.9. The molecule has 2 aromatic carbocycles. The van der Waals surface area contributed by atoms with E-state index in [4.69, 9.17) is 20.8 Å². The number of carbonyl (C=O) groups excluding carboxylic acids is 1. The van der Waals surface area contributed by atoms with E-state index >= 15 is 0 Å². The van der Waals surface area contributed by atoms with E-state index in [0.29, 0.717) is 34.9 Å². The zero-order chi connectivity index (χ0) is 24.7. The van der Waals surface area contributed by atoms with Crippen LogP contribution in [0.4, 0.5) is 0 Å². The number of amides is 1. The lowest BCUT2D eigenvalue weighted by Crippen LogP contribution is -2.56. The molecule has 1 N–H and O–H groups in total. The topological polar surface area (TPSA) is 80.0 Å². The van der Waals surface area contributed by atoms with Crippen molar-refractivity contribution in [3.05, 3.63) is 74.6 Å². The van der Waals surface area contributed by atoms with Crippen LogP contribution >= 0.6 is 11.6 Å². The normalized spacial score (nSPS) is 24.3. The summed E-state index contributed by atoms with van der Waals surface area (Å²) in [6.45, 7) is 3.95. The Kier molecular flexibility index (Phi) is 6.36. The highest BCUT2D eigenvalue weighted by molar-refractivity contribution is 6.30. The van der Waals surface area contributed by atoms with Gasteiger partial charge in [-0.2, -0.15) is 0 Å². The average molecular weight is 496 g/mol. The first kappa shape index (κ1) is 23.9. The van der Waals surface area contributed by atoms with E-state index in [9.17, 15) is 14.7 Å². The van der Waals surface area contributed by atoms with E-state index < -0.39 is 5.60 Å². The molecule has 1 aromatic heterocycles. The second kappa shape index (κ2) is 9.32. The van der Waals surface area contributed by atoms with Crippen LogP contribution in [0, 0.1) is 19.8 Å². The molecule has 3 atom stereocenters. The van der Waals surface area contributed by atoms with E-state index in [2.05, 4.69) is 0 Å². The molecular weight excluding hydrogens is 466 g/mol. The molecule has 1 amide bonds. The van der Waals surface area contributed by atoms with Gasteiger partial charge in [0.05, 0.1) is 11.6 Å². The molecular formula is C28H30ClNO5. The van der Waals surface area contributed by atoms with Crippen molar-refractivity contribution in [2.24, 2.45) is 5.92 Å². The number of halogens is 1. The van der Waals surface area contributed by atoms with Crippen LogP contribution < -0.4 is 10.4 Å². The third-order valence-corrected chi connectivity index (χ3v) is 8.14. The van der Waals surface area contributed by atoms with Gasteiger partial charge in [0.1, 0.15) is 11.3 Å². The summed E-state index contributed by atoms with van der Waals surface area (Å²) >= 11 is 6.12. The summed E-state index contributed by atoms with van der Waals surface area (Å²) in [5.41, 5.74) is 1.74. The molecule has 0 radical (unpaired) electrons. The van der Waals surface area contributed by atoms with E-state index in [0.717, 1.165) is 42.2 Å². The smallest absolute Gasteiger partial charge is 0.339 e. The SMILES string of the molecule is Cc1c(C)c2ccc(OCC(=O)N3CC[C@@]4(O)CCCC[C@H]4C3c3ccc(Cl)cc3)cc2oc1=O. The number of hydrogen-bond donors (Lipinski definition) is 1. The lowest BCUT2D eigenvalue weighted by atomic mass is 9.66. The Morgan fingerprint density at radius 1 is 1.14 bits per heavy atom. The average Bonchev–Trinajstić information content (AvgIpc) is 2.85. The number of piperidine rings is 1. The third-order valence-electron chi connectivity index (χ3n) is 7.89. The number of aryl methyl sites for hydroxylation is 1. The Morgan fingerprint density at radius 3 is 2.69 bits per heavy atom. The quantitative estimate of drug-likeness (QED) is 0.494. The summed E-state index contributed by atoms with van der Waals surface area (Å²) < 4.78 is 11.3. The van der Waals surface area contributed by atoms with E-state index in [1.54, 1.807) is 19.1 Å². The molecule has 2 aliphatic rings. The molecule has 2 fully saturated rings. The number of benzene rings is 2. The molecule has 7 heteroatoms. The first-order valence-corrected chi connectivity index (χ1v) is 12.6. The van der Waals surface area contributed by atoms with Gasteiger partial charge in [0, 0.05) is 34.5 Å². The van der Waals surface area contributed by atoms with Crippen molar-refractivity contribution in [1.82, 2.24) is 4.90 Å². The van der Waals surface area contributed by atoms with Gasteiger partial charge in [-0.15, -0.1) is 0 Å². The van der Waals surface area contributed by atoms with Gasteiger partial charge >= 0.3 is 5.63 Å². The number of fused-ring (bicyclic) bond motifs is 2. The Labute approximate surface area is 209 Å². The van der Waals surface area contributed by atoms with Crippen molar-refractivity contribution >= 4 is 28.5 Å². The van der Waals surface area contributed by atoms with Crippen molar-refractivity contribution in [2.45, 2.75) is 57.6 Å². The number of ether oxygens (including phenoxy) is 1. The monoisotopic (exact) mass is 495 g/mol. The predicted octanol–water partition coefficient (Wildman–Crippen LogP) is 5.34. The molecule has 1 unspecified atom stereocenters. The van der Waals surface area contributed by atoms with E-state index in [1.807, 2.05) is 42.2 Å². The van der Waals surface area contributed by atoms with Crippen LogP contribution in [0.5, 0.6) is 5.75 Å². The number of carbonyl (C=O) groups is 1. The van der Waals surface area contributed by atoms with Gasteiger partial charge in [0.25, 0.3) is 5.91 Å². The number of aliphatic hydroxyl groups is 1. The maximum atomic E-state index is 13.4. The Bertz CT molecular complexity index is 1320. The Morgan fingerprint density at radius 2 is 1.91 bits per heavy atom. The van der Waals surface area contributed by atoms with Crippen molar-refractivity contribution in [3.63, 3.8) is 0 Å². The highest BCUT2D eigenvalue weighted by Gasteiger charge is 2.50. The van der Waals surface area contributed by atoms with Gasteiger partial charge in [0.15, 0.2) is 6.61 Å². The first-order valence-electron chi connectivity index (χ1n) is 12.2. The number of nitrogens with zero attached hydrogens (tertiary/aromatic N) is 1. The van der Waals surface area contributed by atoms with Gasteiger partial charge in [-0.3, -0.25) is 4.79 Å². The molecule has 1 aliphatic heterocycles. The second-order valence-corrected chi connectivity index (χ2v) is 10.3. The number of hydrogen-bond acceptors (Lipinski definition) is 5. The van der Waals surface area contributed by atoms with Crippen LogP contribution in [0.2, 0.25) is 5.02 Å². The molecule has 6 nitrogen and oxygen atoms in total. The molecule has 3 aromatic rings. The molecule has 2 heterocycles. The van der Waals surface area contributed by atoms with Crippen LogP contribution in [0.3, 0.4) is 0 Å². The number of rotatable bonds is 4. The minimum Gasteiger partial charge on any atom is -0.484 e. The highest BCUT2D eigenvalue weighted by Crippen LogP contribution is 2.49. The minimum atomic E-state index is -0.758. The summed E-state index contributed by atoms with van der Waals surface area (Å²) in [7, 11) is 0. The largest absolute Gasteiger partial charge is 0.484 e. The molecule has 1 saturated heterocycles. The van der Waals surface area contributed by atoms with Gasteiger partial charge in [0.2, 0.25) is 0 Å². The van der Waals surface area contributed by atoms with Gasteiger partial charge < -0.3 is 19.2 Å². The third kappa shape index (κ3) is 4.45. The van der Waals surface area contributed by atoms with Crippen molar-refractivity contribution < 1.29 is 19.1 Å². The number of likely N-dealkylation sites (tertiary alicyclic amines) is 1. The zero-order valence-corrected chi connectivity index (χ0v) is 20.8. The fourth-order valence-corrected chi connectivity index (χ4v) is 5.91. The van der Waals surface area contributed by atoms with Gasteiger partial charge in [-0.05, 0) is 68.5 Å². The van der Waals surface area contributed by atoms with Gasteiger partial charge in [-0.1, -0.05) is 36.6 Å². The predicted molar refractivity (Wildman–Crippen MR) is 135 cm³/mol. The standard InChI is InChI=1S/C28H30ClNO5/c1-17-18(2)27(32)35-24-15-21(10-11-22(17)24)34-16-25(31)30-14-13-28(33)12-4-3-5-23(28)26(30)19-6-8-20(29)9-7-19/h6-11,15,23,26,33H,3-5,12-14,16H2,1-2H3/t23-,26?,28-/m0/s1. The maximum absolute atomic E-state index is 13.4. The molecule has 0 bridgehead atoms. The lowest BCUT2D eigenvalue weighted by molar-refractivity contribution is -0.157. The van der Waals surface area contributed by atoms with Crippen LogP contribution in [0.15, 0.2) is 51.7 Å². The molecule has 0 spiro atoms. The zero-order valence-electron chi connectivity index (χ0n) is 20.1. The Balaban J connectivity index is 1.39. The minimum absolute atomic E-state index is 0.0312. The van der Waals surface area contributed by atoms with Gasteiger partial charge in [-0.25, -0.2) is 4.79 Å². The summed E-state index contributed by atoms with van der Waals surface area (Å²) in [6.07, 6.45) is 4.25. The fraction of sp³-hybridized carbons (Fsp3) is 0.429. The van der Waals surface area contributed by atoms with Crippen molar-refractivity contribution in [1.29, 1.82) is 0 Å².